The van der Waals surface area contributed by atoms with Crippen LogP contribution in [0.25, 0.3) is 0 Å². The van der Waals surface area contributed by atoms with Crippen molar-refractivity contribution >= 4 is 80.9 Å². The molecule has 0 heterocycles. The summed E-state index contributed by atoms with van der Waals surface area (Å²) in [5.41, 5.74) is 0. The number of hydrogen-bond acceptors (Lipinski definition) is 4. The fourth-order valence-corrected chi connectivity index (χ4v) is 2.60. The normalized spacial score (nSPS) is 8.62. The molecule has 0 aliphatic carbocycles. The average molecular weight is 449 g/mol. The van der Waals surface area contributed by atoms with Gasteiger partial charge in [-0.05, 0) is 21.6 Å². The molecule has 0 aromatic carbocycles. The van der Waals surface area contributed by atoms with Gasteiger partial charge in [-0.2, -0.15) is 0 Å². The van der Waals surface area contributed by atoms with Crippen LogP contribution in [-0.2, 0) is 0 Å². The van der Waals surface area contributed by atoms with E-state index in [-0.39, 0.29) is 26.2 Å². The number of nitrogens with zero attached hydrogens (tertiary/aromatic N) is 2. The van der Waals surface area contributed by atoms with E-state index in [4.69, 9.17) is 24.4 Å². The summed E-state index contributed by atoms with van der Waals surface area (Å²) < 4.78 is 1.67. The molecule has 0 rings (SSSR count). The van der Waals surface area contributed by atoms with Crippen molar-refractivity contribution in [1.82, 2.24) is 9.80 Å². The second kappa shape index (κ2) is 8.65. The van der Waals surface area contributed by atoms with Gasteiger partial charge in [-0.25, -0.2) is 0 Å². The van der Waals surface area contributed by atoms with E-state index in [1.165, 1.54) is 21.6 Å². The third-order valence-corrected chi connectivity index (χ3v) is 5.07. The van der Waals surface area contributed by atoms with Gasteiger partial charge in [-0.3, -0.25) is 0 Å². The Bertz CT molecular complexity index is 163. The van der Waals surface area contributed by atoms with Crippen molar-refractivity contribution < 1.29 is 0 Å². The van der Waals surface area contributed by atoms with E-state index in [0.717, 1.165) is 8.64 Å². The van der Waals surface area contributed by atoms with Gasteiger partial charge in [0.1, 0.15) is 8.64 Å². The Hall–Kier alpha value is 1.36. The maximum absolute atomic E-state index is 5.07. The molecule has 13 heavy (non-hydrogen) atoms. The number of thiocarbonyl (C=S) groups is 2. The molecule has 0 aromatic heterocycles. The molecule has 0 bridgehead atoms. The van der Waals surface area contributed by atoms with Crippen LogP contribution >= 0.6 is 46.0 Å². The van der Waals surface area contributed by atoms with Crippen LogP contribution in [0.2, 0.25) is 0 Å². The molecule has 2 nitrogen and oxygen atoms in total. The van der Waals surface area contributed by atoms with Crippen LogP contribution in [0.3, 0.4) is 0 Å². The summed E-state index contributed by atoms with van der Waals surface area (Å²) in [5, 5.41) is 0. The third kappa shape index (κ3) is 8.36. The fraction of sp³-hybridized carbons (Fsp3) is 0.667. The van der Waals surface area contributed by atoms with E-state index >= 15 is 0 Å². The molecule has 0 saturated carbocycles. The van der Waals surface area contributed by atoms with E-state index in [1.54, 1.807) is 0 Å². The molecular formula is C6H12BiN2S4. The van der Waals surface area contributed by atoms with Crippen LogP contribution in [0, 0.1) is 0 Å². The Balaban J connectivity index is 0. The van der Waals surface area contributed by atoms with Crippen molar-refractivity contribution in [3.05, 3.63) is 0 Å². The Labute approximate surface area is 118 Å². The van der Waals surface area contributed by atoms with Gasteiger partial charge >= 0.3 is 0 Å². The van der Waals surface area contributed by atoms with Gasteiger partial charge in [0.2, 0.25) is 0 Å². The van der Waals surface area contributed by atoms with Gasteiger partial charge < -0.3 is 9.80 Å². The van der Waals surface area contributed by atoms with Crippen LogP contribution in [0.1, 0.15) is 0 Å². The summed E-state index contributed by atoms with van der Waals surface area (Å²) in [6, 6.07) is 0. The minimum absolute atomic E-state index is 0. The maximum atomic E-state index is 5.07. The van der Waals surface area contributed by atoms with Crippen LogP contribution in [0.5, 0.6) is 0 Å². The van der Waals surface area contributed by atoms with Crippen LogP contribution in [-0.4, -0.2) is 72.8 Å². The molecule has 0 aromatic rings. The minimum atomic E-state index is 0. The maximum Gasteiger partial charge on any atom is 0.146 e. The first kappa shape index (κ1) is 16.8. The molecule has 0 spiro atoms. The molecule has 0 unspecified atom stereocenters. The summed E-state index contributed by atoms with van der Waals surface area (Å²) in [5.74, 6) is 0. The standard InChI is InChI=1S/C6H12N2S4.Bi/c1-7(2)5(9)11-12-6(10)8(3)4;/h1-4H3;. The molecule has 0 N–H and O–H groups in total. The van der Waals surface area contributed by atoms with Gasteiger partial charge in [0.15, 0.2) is 0 Å². The molecule has 0 aliphatic rings. The van der Waals surface area contributed by atoms with Crippen LogP contribution in [0.4, 0.5) is 0 Å². The van der Waals surface area contributed by atoms with Crippen molar-refractivity contribution in [2.45, 2.75) is 0 Å². The molecule has 0 saturated heterocycles. The molecular weight excluding hydrogens is 437 g/mol. The quantitative estimate of drug-likeness (QED) is 0.313. The molecule has 0 fully saturated rings. The van der Waals surface area contributed by atoms with Crippen molar-refractivity contribution in [1.29, 1.82) is 0 Å². The first-order valence-corrected chi connectivity index (χ1v) is 6.19. The van der Waals surface area contributed by atoms with Gasteiger partial charge in [0.25, 0.3) is 0 Å². The summed E-state index contributed by atoms with van der Waals surface area (Å²) in [6.07, 6.45) is 0. The minimum Gasteiger partial charge on any atom is -0.363 e. The summed E-state index contributed by atoms with van der Waals surface area (Å²) in [6.45, 7) is 0. The molecule has 0 amide bonds. The molecule has 75 valence electrons. The Morgan fingerprint density at radius 1 is 0.846 bits per heavy atom. The predicted molar refractivity (Wildman–Crippen MR) is 73.5 cm³/mol. The van der Waals surface area contributed by atoms with Gasteiger partial charge in [-0.15, -0.1) is 0 Å². The van der Waals surface area contributed by atoms with E-state index in [0.29, 0.717) is 0 Å². The van der Waals surface area contributed by atoms with Crippen molar-refractivity contribution in [3.63, 3.8) is 0 Å². The molecule has 0 atom stereocenters. The molecule has 0 aliphatic heterocycles. The van der Waals surface area contributed by atoms with Crippen LogP contribution < -0.4 is 0 Å². The Morgan fingerprint density at radius 2 is 1.08 bits per heavy atom. The van der Waals surface area contributed by atoms with E-state index in [2.05, 4.69) is 0 Å². The van der Waals surface area contributed by atoms with Crippen molar-refractivity contribution in [3.8, 4) is 0 Å². The number of rotatable bonds is 0. The largest absolute Gasteiger partial charge is 0.363 e. The van der Waals surface area contributed by atoms with Gasteiger partial charge in [0, 0.05) is 54.4 Å². The van der Waals surface area contributed by atoms with Crippen molar-refractivity contribution in [2.24, 2.45) is 0 Å². The van der Waals surface area contributed by atoms with E-state index < -0.39 is 0 Å². The summed E-state index contributed by atoms with van der Waals surface area (Å²) >= 11 is 10.1. The summed E-state index contributed by atoms with van der Waals surface area (Å²) in [4.78, 5) is 3.79. The van der Waals surface area contributed by atoms with Gasteiger partial charge in [0.05, 0.1) is 0 Å². The topological polar surface area (TPSA) is 6.48 Å². The Morgan fingerprint density at radius 3 is 1.23 bits per heavy atom. The first-order chi connectivity index (χ1) is 5.45. The zero-order valence-electron chi connectivity index (χ0n) is 7.97. The zero-order chi connectivity index (χ0) is 9.72. The van der Waals surface area contributed by atoms with Crippen LogP contribution in [0.15, 0.2) is 0 Å². The monoisotopic (exact) mass is 449 g/mol. The average Bonchev–Trinajstić information content (AvgIpc) is 1.98. The fourth-order valence-electron chi connectivity index (χ4n) is 0.220. The zero-order valence-corrected chi connectivity index (χ0v) is 14.7. The van der Waals surface area contributed by atoms with Gasteiger partial charge in [-0.1, -0.05) is 24.4 Å². The number of hydrogen-bond donors (Lipinski definition) is 0. The third-order valence-electron chi connectivity index (χ3n) is 0.915. The van der Waals surface area contributed by atoms with Crippen molar-refractivity contribution in [2.75, 3.05) is 28.2 Å². The summed E-state index contributed by atoms with van der Waals surface area (Å²) in [7, 11) is 10.7. The SMILES string of the molecule is CN(C)C(=S)SSC(=S)N(C)C.[Bi]. The Kier molecular flexibility index (Phi) is 11.2. The molecule has 3 radical (unpaired) electrons. The van der Waals surface area contributed by atoms with E-state index in [1.807, 2.05) is 38.0 Å². The second-order valence-corrected chi connectivity index (χ2v) is 5.88. The predicted octanol–water partition coefficient (Wildman–Crippen LogP) is 1.68. The molecule has 7 heteroatoms. The van der Waals surface area contributed by atoms with E-state index in [9.17, 15) is 0 Å². The first-order valence-electron chi connectivity index (χ1n) is 3.22. The smallest absolute Gasteiger partial charge is 0.146 e. The second-order valence-electron chi connectivity index (χ2n) is 2.49.